The van der Waals surface area contributed by atoms with Crippen molar-refractivity contribution in [3.63, 3.8) is 0 Å². The van der Waals surface area contributed by atoms with E-state index in [9.17, 15) is 13.2 Å². The fourth-order valence-electron chi connectivity index (χ4n) is 5.70. The largest absolute Gasteiger partial charge is 0.304 e. The van der Waals surface area contributed by atoms with Crippen LogP contribution in [0.3, 0.4) is 0 Å². The molecule has 0 bridgehead atoms. The van der Waals surface area contributed by atoms with Crippen molar-refractivity contribution in [2.75, 3.05) is 38.5 Å². The Morgan fingerprint density at radius 2 is 1.85 bits per heavy atom. The summed E-state index contributed by atoms with van der Waals surface area (Å²) in [5.41, 5.74) is 1.68. The van der Waals surface area contributed by atoms with Crippen molar-refractivity contribution in [2.45, 2.75) is 48.3 Å². The maximum absolute atomic E-state index is 13.6. The first-order chi connectivity index (χ1) is 18.7. The number of carbonyl (C=O) groups is 1. The molecule has 2 fully saturated rings. The Kier molecular flexibility index (Phi) is 8.88. The fraction of sp³-hybridized carbons (Fsp3) is 0.448. The van der Waals surface area contributed by atoms with Crippen LogP contribution in [0.4, 0.5) is 5.13 Å². The Morgan fingerprint density at radius 1 is 1.15 bits per heavy atom. The highest BCUT2D eigenvalue weighted by molar-refractivity contribution is 9.10. The van der Waals surface area contributed by atoms with Crippen LogP contribution in [0.15, 0.2) is 64.5 Å². The van der Waals surface area contributed by atoms with Crippen molar-refractivity contribution in [3.05, 3.63) is 65.2 Å². The number of sulfone groups is 1. The second-order valence-corrected chi connectivity index (χ2v) is 14.6. The number of piperazine rings is 1. The molecule has 1 saturated carbocycles. The van der Waals surface area contributed by atoms with Gasteiger partial charge < -0.3 is 10.2 Å². The summed E-state index contributed by atoms with van der Waals surface area (Å²) in [7, 11) is -1.60. The zero-order valence-electron chi connectivity index (χ0n) is 22.2. The highest BCUT2D eigenvalue weighted by Gasteiger charge is 2.33. The van der Waals surface area contributed by atoms with E-state index in [4.69, 9.17) is 0 Å². The van der Waals surface area contributed by atoms with Crippen LogP contribution < -0.4 is 5.32 Å². The third kappa shape index (κ3) is 6.46. The Balaban J connectivity index is 1.37. The zero-order chi connectivity index (χ0) is 27.6. The lowest BCUT2D eigenvalue weighted by molar-refractivity contribution is -0.118. The predicted octanol–water partition coefficient (Wildman–Crippen LogP) is 5.89. The second-order valence-electron chi connectivity index (χ2n) is 10.6. The molecule has 1 amide bonds. The molecule has 1 N–H and O–H groups in total. The Hall–Kier alpha value is -2.11. The Morgan fingerprint density at radius 3 is 2.51 bits per heavy atom. The van der Waals surface area contributed by atoms with Crippen LogP contribution in [-0.2, 0) is 14.6 Å². The van der Waals surface area contributed by atoms with Gasteiger partial charge in [0.1, 0.15) is 5.37 Å². The van der Waals surface area contributed by atoms with Crippen LogP contribution in [-0.4, -0.2) is 67.7 Å². The van der Waals surface area contributed by atoms with E-state index < -0.39 is 15.2 Å². The summed E-state index contributed by atoms with van der Waals surface area (Å²) < 4.78 is 29.1. The minimum absolute atomic E-state index is 0.1000. The number of anilines is 1. The normalized spacial score (nSPS) is 19.2. The first-order valence-electron chi connectivity index (χ1n) is 13.5. The van der Waals surface area contributed by atoms with Crippen molar-refractivity contribution in [3.8, 4) is 0 Å². The zero-order valence-corrected chi connectivity index (χ0v) is 25.4. The van der Waals surface area contributed by atoms with Gasteiger partial charge in [0.05, 0.1) is 21.0 Å². The fourth-order valence-corrected chi connectivity index (χ4v) is 8.77. The maximum Gasteiger partial charge on any atom is 0.233 e. The predicted molar refractivity (Wildman–Crippen MR) is 162 cm³/mol. The van der Waals surface area contributed by atoms with Gasteiger partial charge in [-0.2, -0.15) is 0 Å². The number of carbonyl (C=O) groups excluding carboxylic acids is 1. The van der Waals surface area contributed by atoms with Crippen LogP contribution in [0.25, 0.3) is 10.2 Å². The molecule has 2 atom stereocenters. The van der Waals surface area contributed by atoms with E-state index in [2.05, 4.69) is 37.7 Å². The Labute approximate surface area is 243 Å². The van der Waals surface area contributed by atoms with Gasteiger partial charge in [-0.15, -0.1) is 6.58 Å². The van der Waals surface area contributed by atoms with E-state index in [1.54, 1.807) is 12.1 Å². The van der Waals surface area contributed by atoms with Gasteiger partial charge >= 0.3 is 0 Å². The molecule has 2 aromatic carbocycles. The van der Waals surface area contributed by atoms with E-state index in [0.29, 0.717) is 24.1 Å². The van der Waals surface area contributed by atoms with Gasteiger partial charge in [0.25, 0.3) is 0 Å². The molecule has 1 saturated heterocycles. The molecule has 1 aliphatic carbocycles. The number of hydrogen-bond acceptors (Lipinski definition) is 7. The van der Waals surface area contributed by atoms with Crippen LogP contribution in [0.2, 0.25) is 0 Å². The minimum atomic E-state index is -3.64. The topological polar surface area (TPSA) is 82.6 Å². The van der Waals surface area contributed by atoms with Gasteiger partial charge in [-0.1, -0.05) is 71.2 Å². The number of hydrogen-bond donors (Lipinski definition) is 1. The van der Waals surface area contributed by atoms with Crippen molar-refractivity contribution >= 4 is 58.4 Å². The summed E-state index contributed by atoms with van der Waals surface area (Å²) in [4.78, 5) is 22.6. The number of nitrogens with zero attached hydrogens (tertiary/aromatic N) is 3. The van der Waals surface area contributed by atoms with Gasteiger partial charge in [0.15, 0.2) is 15.0 Å². The number of thiazole rings is 1. The summed E-state index contributed by atoms with van der Waals surface area (Å²) in [5.74, 6) is 0.00586. The number of likely N-dealkylation sites (N-methyl/N-ethyl adjacent to an activating group) is 1. The van der Waals surface area contributed by atoms with Crippen molar-refractivity contribution < 1.29 is 13.2 Å². The molecule has 7 nitrogen and oxygen atoms in total. The van der Waals surface area contributed by atoms with Crippen LogP contribution >= 0.6 is 27.3 Å². The summed E-state index contributed by atoms with van der Waals surface area (Å²) in [5, 5.41) is 2.86. The molecule has 0 spiro atoms. The lowest BCUT2D eigenvalue weighted by atomic mass is 9.87. The molecule has 3 aromatic rings. The first-order valence-corrected chi connectivity index (χ1v) is 16.7. The molecule has 39 heavy (non-hydrogen) atoms. The van der Waals surface area contributed by atoms with Gasteiger partial charge in [-0.25, -0.2) is 13.4 Å². The minimum Gasteiger partial charge on any atom is -0.304 e. The van der Waals surface area contributed by atoms with E-state index in [1.807, 2.05) is 42.3 Å². The summed E-state index contributed by atoms with van der Waals surface area (Å²) in [6.07, 6.45) is 6.90. The number of halogens is 1. The smallest absolute Gasteiger partial charge is 0.233 e. The summed E-state index contributed by atoms with van der Waals surface area (Å²) in [6.45, 7) is 6.84. The molecule has 2 unspecified atom stereocenters. The van der Waals surface area contributed by atoms with E-state index in [0.717, 1.165) is 52.6 Å². The summed E-state index contributed by atoms with van der Waals surface area (Å²) in [6, 6.07) is 12.8. The van der Waals surface area contributed by atoms with Gasteiger partial charge in [0.2, 0.25) is 5.91 Å². The first kappa shape index (κ1) is 28.4. The molecule has 10 heteroatoms. The van der Waals surface area contributed by atoms with E-state index >= 15 is 0 Å². The third-order valence-corrected chi connectivity index (χ3v) is 11.5. The summed E-state index contributed by atoms with van der Waals surface area (Å²) >= 11 is 4.94. The number of fused-ring (bicyclic) bond motifs is 1. The number of rotatable bonds is 9. The molecule has 0 radical (unpaired) electrons. The average Bonchev–Trinajstić information content (AvgIpc) is 3.58. The lowest BCUT2D eigenvalue weighted by Gasteiger charge is -2.36. The molecule has 208 valence electrons. The van der Waals surface area contributed by atoms with Gasteiger partial charge in [0, 0.05) is 30.7 Å². The monoisotopic (exact) mass is 630 g/mol. The standard InChI is InChI=1S/C29H35BrN4O3S2/c1-3-27(34-16-14-33(2)15-17-34)39(36,37)23-11-8-21(9-12-23)24(18-20-6-4-5-7-20)28(35)32-29-31-25-13-10-22(30)19-26(25)38-29/h3,8-13,19-20,24,27H,1,4-7,14-18H2,2H3,(H,31,32,35). The second kappa shape index (κ2) is 12.2. The van der Waals surface area contributed by atoms with Crippen molar-refractivity contribution in [1.29, 1.82) is 0 Å². The van der Waals surface area contributed by atoms with Crippen LogP contribution in [0, 0.1) is 5.92 Å². The Bertz CT molecular complexity index is 1430. The number of amides is 1. The highest BCUT2D eigenvalue weighted by atomic mass is 79.9. The van der Waals surface area contributed by atoms with Gasteiger partial charge in [-0.05, 0) is 55.3 Å². The molecule has 2 heterocycles. The quantitative estimate of drug-likeness (QED) is 0.297. The molecular weight excluding hydrogens is 596 g/mol. The number of benzene rings is 2. The number of nitrogens with one attached hydrogen (secondary N) is 1. The number of aromatic nitrogens is 1. The SMILES string of the molecule is C=CC(N1CCN(C)CC1)S(=O)(=O)c1ccc(C(CC2CCCC2)C(=O)Nc2nc3ccc(Br)cc3s2)cc1. The van der Waals surface area contributed by atoms with E-state index in [-0.39, 0.29) is 16.7 Å². The maximum atomic E-state index is 13.6. The van der Waals surface area contributed by atoms with Crippen LogP contribution in [0.5, 0.6) is 0 Å². The highest BCUT2D eigenvalue weighted by Crippen LogP contribution is 2.36. The van der Waals surface area contributed by atoms with Crippen LogP contribution in [0.1, 0.15) is 43.6 Å². The average molecular weight is 632 g/mol. The van der Waals surface area contributed by atoms with Crippen molar-refractivity contribution in [2.24, 2.45) is 5.92 Å². The third-order valence-electron chi connectivity index (χ3n) is 7.97. The lowest BCUT2D eigenvalue weighted by Crippen LogP contribution is -2.50. The molecule has 1 aromatic heterocycles. The van der Waals surface area contributed by atoms with Crippen molar-refractivity contribution in [1.82, 2.24) is 14.8 Å². The molecule has 2 aliphatic rings. The molecular formula is C29H35BrN4O3S2. The molecule has 5 rings (SSSR count). The molecule has 1 aliphatic heterocycles. The van der Waals surface area contributed by atoms with E-state index in [1.165, 1.54) is 30.3 Å². The van der Waals surface area contributed by atoms with Gasteiger partial charge in [-0.3, -0.25) is 9.69 Å².